The number of nitrogens with zero attached hydrogens (tertiary/aromatic N) is 7. The third kappa shape index (κ3) is 9.82. The molecule has 1 heterocycles. The Labute approximate surface area is 238 Å². The number of likely N-dealkylation sites (N-methyl/N-ethyl adjacent to an activating group) is 2. The fraction of sp³-hybridized carbons (Fsp3) is 0.667. The quantitative estimate of drug-likeness (QED) is 0.0769. The van der Waals surface area contributed by atoms with Crippen LogP contribution in [0.15, 0.2) is 34.3 Å². The molecule has 0 radical (unpaired) electrons. The lowest BCUT2D eigenvalue weighted by molar-refractivity contribution is -0.387. The lowest BCUT2D eigenvalue weighted by atomic mass is 10.1. The maximum Gasteiger partial charge on any atom is 0.410 e. The second-order valence-corrected chi connectivity index (χ2v) is 12.2. The molecule has 16 nitrogen and oxygen atoms in total. The predicted molar refractivity (Wildman–Crippen MR) is 146 cm³/mol. The fourth-order valence-corrected chi connectivity index (χ4v) is 5.69. The number of hydrogen-bond donors (Lipinski definition) is 0. The highest BCUT2D eigenvalue weighted by molar-refractivity contribution is 7.89. The Morgan fingerprint density at radius 3 is 2.27 bits per heavy atom. The van der Waals surface area contributed by atoms with Crippen molar-refractivity contribution in [3.63, 3.8) is 0 Å². The molecule has 228 valence electrons. The highest BCUT2D eigenvalue weighted by Crippen LogP contribution is 2.33. The summed E-state index contributed by atoms with van der Waals surface area (Å²) in [6, 6.07) is 2.83. The molecule has 0 unspecified atom stereocenters. The summed E-state index contributed by atoms with van der Waals surface area (Å²) in [4.78, 5) is 40.7. The maximum absolute atomic E-state index is 13.4. The average molecular weight is 600 g/mol. The number of rotatable bonds is 14. The number of azide groups is 1. The highest BCUT2D eigenvalue weighted by Gasteiger charge is 2.46. The number of nitro benzene ring substituents is 1. The van der Waals surface area contributed by atoms with E-state index in [9.17, 15) is 28.1 Å². The zero-order valence-corrected chi connectivity index (χ0v) is 24.7. The largest absolute Gasteiger partial charge is 0.444 e. The molecule has 0 aliphatic carbocycles. The SMILES string of the molecule is CN(CCOCCOCCN(C)C(=O)[C@@H]1C[C@H](N=[N+]=[N-])CN1S(=O)(=O)c1ccccc1[N+](=O)[O-])C(=O)OC(C)(C)C. The van der Waals surface area contributed by atoms with E-state index < -0.39 is 55.2 Å². The van der Waals surface area contributed by atoms with Crippen molar-refractivity contribution in [2.24, 2.45) is 5.11 Å². The Bertz CT molecular complexity index is 1230. The van der Waals surface area contributed by atoms with Crippen LogP contribution < -0.4 is 0 Å². The number of nitro groups is 1. The Hall–Kier alpha value is -3.50. The Morgan fingerprint density at radius 2 is 1.71 bits per heavy atom. The second-order valence-electron chi connectivity index (χ2n) is 10.3. The smallest absolute Gasteiger partial charge is 0.410 e. The normalized spacial score (nSPS) is 17.5. The van der Waals surface area contributed by atoms with Gasteiger partial charge in [0.15, 0.2) is 4.90 Å². The first-order valence-electron chi connectivity index (χ1n) is 12.8. The number of carbonyl (C=O) groups is 2. The molecule has 0 spiro atoms. The minimum atomic E-state index is -4.47. The minimum Gasteiger partial charge on any atom is -0.444 e. The summed E-state index contributed by atoms with van der Waals surface area (Å²) in [7, 11) is -1.39. The van der Waals surface area contributed by atoms with Crippen LogP contribution >= 0.6 is 0 Å². The van der Waals surface area contributed by atoms with Crippen molar-refractivity contribution in [1.29, 1.82) is 0 Å². The number of ether oxygens (including phenoxy) is 3. The standard InChI is InChI=1S/C24H37N7O9S/c1-24(2,3)40-23(33)29(5)11-13-39-15-14-38-12-10-28(4)22(32)20-16-18(26-27-25)17-30(20)41(36,37)21-9-7-6-8-19(21)31(34)35/h6-9,18,20H,10-17H2,1-5H3/t18-,20-/m0/s1. The first-order valence-corrected chi connectivity index (χ1v) is 14.3. The zero-order chi connectivity index (χ0) is 30.8. The average Bonchev–Trinajstić information content (AvgIpc) is 3.33. The van der Waals surface area contributed by atoms with Gasteiger partial charge in [-0.15, -0.1) is 0 Å². The van der Waals surface area contributed by atoms with E-state index in [0.29, 0.717) is 6.54 Å². The van der Waals surface area contributed by atoms with E-state index in [1.54, 1.807) is 27.8 Å². The molecular formula is C24H37N7O9S. The van der Waals surface area contributed by atoms with Crippen LogP contribution in [0.5, 0.6) is 0 Å². The van der Waals surface area contributed by atoms with E-state index in [2.05, 4.69) is 10.0 Å². The number of para-hydroxylation sites is 1. The molecule has 17 heteroatoms. The van der Waals surface area contributed by atoms with E-state index in [4.69, 9.17) is 19.7 Å². The van der Waals surface area contributed by atoms with Crippen LogP contribution in [0.4, 0.5) is 10.5 Å². The number of sulfonamides is 1. The van der Waals surface area contributed by atoms with Crippen molar-refractivity contribution >= 4 is 27.7 Å². The van der Waals surface area contributed by atoms with Crippen LogP contribution in [-0.2, 0) is 29.0 Å². The van der Waals surface area contributed by atoms with Gasteiger partial charge in [0.2, 0.25) is 5.91 Å². The fourth-order valence-electron chi connectivity index (χ4n) is 3.90. The maximum atomic E-state index is 13.4. The van der Waals surface area contributed by atoms with Crippen molar-refractivity contribution in [1.82, 2.24) is 14.1 Å². The van der Waals surface area contributed by atoms with Gasteiger partial charge in [0.25, 0.3) is 15.7 Å². The molecule has 2 rings (SSSR count). The van der Waals surface area contributed by atoms with Gasteiger partial charge < -0.3 is 24.0 Å². The molecule has 2 amide bonds. The van der Waals surface area contributed by atoms with E-state index >= 15 is 0 Å². The third-order valence-corrected chi connectivity index (χ3v) is 7.90. The molecular weight excluding hydrogens is 562 g/mol. The predicted octanol–water partition coefficient (Wildman–Crippen LogP) is 2.40. The summed E-state index contributed by atoms with van der Waals surface area (Å²) in [6.07, 6.45) is -0.522. The van der Waals surface area contributed by atoms with Crippen molar-refractivity contribution in [2.45, 2.75) is 49.8 Å². The Morgan fingerprint density at radius 1 is 1.12 bits per heavy atom. The van der Waals surface area contributed by atoms with E-state index in [1.165, 1.54) is 29.0 Å². The molecule has 2 atom stereocenters. The van der Waals surface area contributed by atoms with E-state index in [0.717, 1.165) is 16.4 Å². The first-order chi connectivity index (χ1) is 19.2. The Kier molecular flexibility index (Phi) is 12.3. The summed E-state index contributed by atoms with van der Waals surface area (Å²) in [5, 5.41) is 15.0. The molecule has 41 heavy (non-hydrogen) atoms. The number of amides is 2. The van der Waals surface area contributed by atoms with Crippen LogP contribution in [-0.4, -0.2) is 117 Å². The second kappa shape index (κ2) is 14.9. The minimum absolute atomic E-state index is 0.0699. The van der Waals surface area contributed by atoms with Gasteiger partial charge in [-0.25, -0.2) is 13.2 Å². The number of carbonyl (C=O) groups excluding carboxylic acids is 2. The van der Waals surface area contributed by atoms with Crippen LogP contribution in [0.1, 0.15) is 27.2 Å². The summed E-state index contributed by atoms with van der Waals surface area (Å²) in [5.41, 5.74) is 7.64. The molecule has 1 aliphatic rings. The zero-order valence-electron chi connectivity index (χ0n) is 23.8. The lowest BCUT2D eigenvalue weighted by Gasteiger charge is -2.27. The molecule has 0 saturated carbocycles. The lowest BCUT2D eigenvalue weighted by Crippen LogP contribution is -2.47. The molecule has 1 saturated heterocycles. The van der Waals surface area contributed by atoms with Crippen LogP contribution in [0.25, 0.3) is 10.4 Å². The van der Waals surface area contributed by atoms with Gasteiger partial charge >= 0.3 is 6.09 Å². The topological polar surface area (TPSA) is 198 Å². The van der Waals surface area contributed by atoms with Crippen LogP contribution in [0, 0.1) is 10.1 Å². The number of benzene rings is 1. The monoisotopic (exact) mass is 599 g/mol. The van der Waals surface area contributed by atoms with Crippen molar-refractivity contribution in [2.75, 3.05) is 60.2 Å². The molecule has 0 bridgehead atoms. The summed E-state index contributed by atoms with van der Waals surface area (Å²) in [5.74, 6) is -0.562. The van der Waals surface area contributed by atoms with Gasteiger partial charge in [-0.05, 0) is 38.8 Å². The number of hydrogen-bond acceptors (Lipinski definition) is 10. The van der Waals surface area contributed by atoms with Gasteiger partial charge in [-0.2, -0.15) is 4.31 Å². The summed E-state index contributed by atoms with van der Waals surface area (Å²) >= 11 is 0. The van der Waals surface area contributed by atoms with Gasteiger partial charge in [-0.1, -0.05) is 17.2 Å². The van der Waals surface area contributed by atoms with E-state index in [-0.39, 0.29) is 45.9 Å². The first kappa shape index (κ1) is 33.7. The summed E-state index contributed by atoms with van der Waals surface area (Å²) in [6.45, 7) is 6.38. The Balaban J connectivity index is 1.89. The van der Waals surface area contributed by atoms with Crippen molar-refractivity contribution < 1.29 is 37.1 Å². The molecule has 0 N–H and O–H groups in total. The molecule has 1 aliphatic heterocycles. The van der Waals surface area contributed by atoms with Crippen molar-refractivity contribution in [3.05, 3.63) is 44.8 Å². The van der Waals surface area contributed by atoms with Gasteiger partial charge in [0, 0.05) is 44.7 Å². The van der Waals surface area contributed by atoms with Crippen molar-refractivity contribution in [3.8, 4) is 0 Å². The molecule has 1 aromatic rings. The highest BCUT2D eigenvalue weighted by atomic mass is 32.2. The van der Waals surface area contributed by atoms with Crippen LogP contribution in [0.3, 0.4) is 0 Å². The van der Waals surface area contributed by atoms with Gasteiger partial charge in [-0.3, -0.25) is 14.9 Å². The molecule has 1 fully saturated rings. The van der Waals surface area contributed by atoms with Crippen LogP contribution in [0.2, 0.25) is 0 Å². The van der Waals surface area contributed by atoms with E-state index in [1.807, 2.05) is 0 Å². The molecule has 1 aromatic carbocycles. The summed E-state index contributed by atoms with van der Waals surface area (Å²) < 4.78 is 43.9. The third-order valence-electron chi connectivity index (χ3n) is 5.98. The molecule has 0 aromatic heterocycles. The van der Waals surface area contributed by atoms with Gasteiger partial charge in [0.05, 0.1) is 37.4 Å². The van der Waals surface area contributed by atoms with Gasteiger partial charge in [0.1, 0.15) is 11.6 Å².